The van der Waals surface area contributed by atoms with E-state index in [0.29, 0.717) is 5.56 Å². The molecule has 0 fully saturated rings. The SMILES string of the molecule is CNC(c1cnn(C(C)C)c1)C(F)F. The van der Waals surface area contributed by atoms with E-state index in [1.165, 1.54) is 13.2 Å². The Hall–Kier alpha value is -0.970. The maximum absolute atomic E-state index is 12.5. The number of nitrogens with zero attached hydrogens (tertiary/aromatic N) is 2. The molecule has 1 rings (SSSR count). The Morgan fingerprint density at radius 1 is 1.43 bits per heavy atom. The summed E-state index contributed by atoms with van der Waals surface area (Å²) in [6.07, 6.45) is 0.718. The first-order chi connectivity index (χ1) is 6.56. The molecule has 0 saturated carbocycles. The summed E-state index contributed by atoms with van der Waals surface area (Å²) >= 11 is 0. The summed E-state index contributed by atoms with van der Waals surface area (Å²) < 4.78 is 26.7. The van der Waals surface area contributed by atoms with E-state index in [9.17, 15) is 8.78 Å². The highest BCUT2D eigenvalue weighted by molar-refractivity contribution is 5.11. The molecular formula is C9H15F2N3. The van der Waals surface area contributed by atoms with Gasteiger partial charge in [0.2, 0.25) is 0 Å². The fourth-order valence-electron chi connectivity index (χ4n) is 1.23. The highest BCUT2D eigenvalue weighted by atomic mass is 19.3. The lowest BCUT2D eigenvalue weighted by Crippen LogP contribution is -2.23. The van der Waals surface area contributed by atoms with Gasteiger partial charge in [0.05, 0.1) is 12.2 Å². The van der Waals surface area contributed by atoms with Gasteiger partial charge in [-0.05, 0) is 20.9 Å². The Balaban J connectivity index is 2.84. The van der Waals surface area contributed by atoms with E-state index in [2.05, 4.69) is 10.4 Å². The monoisotopic (exact) mass is 203 g/mol. The maximum atomic E-state index is 12.5. The Kier molecular flexibility index (Phi) is 3.57. The third kappa shape index (κ3) is 2.29. The van der Waals surface area contributed by atoms with Crippen LogP contribution in [0.4, 0.5) is 8.78 Å². The number of alkyl halides is 2. The standard InChI is InChI=1S/C9H15F2N3/c1-6(2)14-5-7(4-13-14)8(12-3)9(10)11/h4-6,8-9,12H,1-3H3. The molecule has 0 spiro atoms. The fraction of sp³-hybridized carbons (Fsp3) is 0.667. The molecule has 1 unspecified atom stereocenters. The molecule has 0 aliphatic heterocycles. The molecule has 1 aromatic rings. The van der Waals surface area contributed by atoms with Crippen LogP contribution in [0.25, 0.3) is 0 Å². The summed E-state index contributed by atoms with van der Waals surface area (Å²) in [7, 11) is 1.52. The Labute approximate surface area is 82.1 Å². The molecule has 80 valence electrons. The van der Waals surface area contributed by atoms with Crippen molar-refractivity contribution in [3.63, 3.8) is 0 Å². The smallest absolute Gasteiger partial charge is 0.257 e. The van der Waals surface area contributed by atoms with Crippen molar-refractivity contribution >= 4 is 0 Å². The first kappa shape index (κ1) is 11.1. The van der Waals surface area contributed by atoms with Crippen molar-refractivity contribution in [2.45, 2.75) is 32.4 Å². The van der Waals surface area contributed by atoms with Crippen LogP contribution in [0.5, 0.6) is 0 Å². The lowest BCUT2D eigenvalue weighted by molar-refractivity contribution is 0.102. The third-order valence-electron chi connectivity index (χ3n) is 2.07. The zero-order chi connectivity index (χ0) is 10.7. The van der Waals surface area contributed by atoms with Crippen LogP contribution < -0.4 is 5.32 Å². The lowest BCUT2D eigenvalue weighted by atomic mass is 10.2. The number of rotatable bonds is 4. The van der Waals surface area contributed by atoms with Crippen molar-refractivity contribution in [2.24, 2.45) is 0 Å². The van der Waals surface area contributed by atoms with Gasteiger partial charge >= 0.3 is 0 Å². The predicted molar refractivity (Wildman–Crippen MR) is 50.4 cm³/mol. The van der Waals surface area contributed by atoms with E-state index in [1.807, 2.05) is 13.8 Å². The predicted octanol–water partition coefficient (Wildman–Crippen LogP) is 1.99. The molecule has 0 aliphatic rings. The van der Waals surface area contributed by atoms with Gasteiger partial charge in [0.15, 0.2) is 0 Å². The minimum absolute atomic E-state index is 0.193. The van der Waals surface area contributed by atoms with E-state index >= 15 is 0 Å². The Morgan fingerprint density at radius 2 is 2.07 bits per heavy atom. The molecule has 5 heteroatoms. The molecule has 0 amide bonds. The molecule has 1 atom stereocenters. The highest BCUT2D eigenvalue weighted by Gasteiger charge is 2.21. The van der Waals surface area contributed by atoms with Crippen LogP contribution in [-0.4, -0.2) is 23.3 Å². The summed E-state index contributed by atoms with van der Waals surface area (Å²) in [5, 5.41) is 6.58. The molecule has 1 aromatic heterocycles. The number of nitrogens with one attached hydrogen (secondary N) is 1. The van der Waals surface area contributed by atoms with E-state index < -0.39 is 12.5 Å². The van der Waals surface area contributed by atoms with Crippen LogP contribution in [-0.2, 0) is 0 Å². The van der Waals surface area contributed by atoms with Crippen LogP contribution in [0, 0.1) is 0 Å². The normalized spacial score (nSPS) is 13.9. The second-order valence-electron chi connectivity index (χ2n) is 3.45. The molecule has 0 aromatic carbocycles. The zero-order valence-corrected chi connectivity index (χ0v) is 8.54. The summed E-state index contributed by atoms with van der Waals surface area (Å²) in [5.41, 5.74) is 0.524. The largest absolute Gasteiger partial charge is 0.308 e. The minimum Gasteiger partial charge on any atom is -0.308 e. The molecule has 0 radical (unpaired) electrons. The first-order valence-corrected chi connectivity index (χ1v) is 4.55. The van der Waals surface area contributed by atoms with E-state index in [0.717, 1.165) is 0 Å². The van der Waals surface area contributed by atoms with Gasteiger partial charge in [-0.25, -0.2) is 8.78 Å². The van der Waals surface area contributed by atoms with Crippen molar-refractivity contribution in [1.82, 2.24) is 15.1 Å². The average molecular weight is 203 g/mol. The third-order valence-corrected chi connectivity index (χ3v) is 2.07. The second-order valence-corrected chi connectivity index (χ2v) is 3.45. The summed E-state index contributed by atoms with van der Waals surface area (Å²) in [6, 6.07) is -0.735. The van der Waals surface area contributed by atoms with Gasteiger partial charge in [-0.1, -0.05) is 0 Å². The molecule has 14 heavy (non-hydrogen) atoms. The quantitative estimate of drug-likeness (QED) is 0.811. The topological polar surface area (TPSA) is 29.9 Å². The van der Waals surface area contributed by atoms with Crippen molar-refractivity contribution in [3.05, 3.63) is 18.0 Å². The van der Waals surface area contributed by atoms with Gasteiger partial charge < -0.3 is 5.32 Å². The fourth-order valence-corrected chi connectivity index (χ4v) is 1.23. The summed E-state index contributed by atoms with van der Waals surface area (Å²) in [4.78, 5) is 0. The number of hydrogen-bond acceptors (Lipinski definition) is 2. The first-order valence-electron chi connectivity index (χ1n) is 4.55. The van der Waals surface area contributed by atoms with E-state index in [4.69, 9.17) is 0 Å². The highest BCUT2D eigenvalue weighted by Crippen LogP contribution is 2.20. The van der Waals surface area contributed by atoms with Crippen LogP contribution in [0.1, 0.15) is 31.5 Å². The van der Waals surface area contributed by atoms with Crippen molar-refractivity contribution < 1.29 is 8.78 Å². The zero-order valence-electron chi connectivity index (χ0n) is 8.54. The Bertz CT molecular complexity index is 283. The van der Waals surface area contributed by atoms with Gasteiger partial charge in [0.25, 0.3) is 6.43 Å². The molecule has 0 aliphatic carbocycles. The van der Waals surface area contributed by atoms with Gasteiger partial charge in [-0.15, -0.1) is 0 Å². The van der Waals surface area contributed by atoms with Gasteiger partial charge in [0.1, 0.15) is 0 Å². The van der Waals surface area contributed by atoms with Gasteiger partial charge in [-0.3, -0.25) is 4.68 Å². The van der Waals surface area contributed by atoms with Crippen LogP contribution in [0.2, 0.25) is 0 Å². The van der Waals surface area contributed by atoms with E-state index in [1.54, 1.807) is 10.9 Å². The van der Waals surface area contributed by atoms with E-state index in [-0.39, 0.29) is 6.04 Å². The average Bonchev–Trinajstić information content (AvgIpc) is 2.53. The number of hydrogen-bond donors (Lipinski definition) is 1. The molecule has 1 N–H and O–H groups in total. The lowest BCUT2D eigenvalue weighted by Gasteiger charge is -2.12. The molecule has 0 saturated heterocycles. The molecule has 0 bridgehead atoms. The van der Waals surface area contributed by atoms with Crippen LogP contribution in [0.15, 0.2) is 12.4 Å². The van der Waals surface area contributed by atoms with Gasteiger partial charge in [0, 0.05) is 17.8 Å². The summed E-state index contributed by atoms with van der Waals surface area (Å²) in [5.74, 6) is 0. The molecular weight excluding hydrogens is 188 g/mol. The number of aromatic nitrogens is 2. The Morgan fingerprint density at radius 3 is 2.43 bits per heavy atom. The maximum Gasteiger partial charge on any atom is 0.257 e. The molecule has 1 heterocycles. The van der Waals surface area contributed by atoms with Crippen LogP contribution in [0.3, 0.4) is 0 Å². The minimum atomic E-state index is -2.41. The van der Waals surface area contributed by atoms with Crippen molar-refractivity contribution in [3.8, 4) is 0 Å². The van der Waals surface area contributed by atoms with Crippen molar-refractivity contribution in [2.75, 3.05) is 7.05 Å². The van der Waals surface area contributed by atoms with Crippen LogP contribution >= 0.6 is 0 Å². The van der Waals surface area contributed by atoms with Gasteiger partial charge in [-0.2, -0.15) is 5.10 Å². The second kappa shape index (κ2) is 4.50. The number of halogens is 2. The summed E-state index contributed by atoms with van der Waals surface area (Å²) in [6.45, 7) is 3.90. The van der Waals surface area contributed by atoms with Crippen molar-refractivity contribution in [1.29, 1.82) is 0 Å². The molecule has 3 nitrogen and oxygen atoms in total.